The summed E-state index contributed by atoms with van der Waals surface area (Å²) >= 11 is 6.80. The zero-order valence-electron chi connectivity index (χ0n) is 10.3. The van der Waals surface area contributed by atoms with Crippen molar-refractivity contribution in [2.24, 2.45) is 0 Å². The number of rotatable bonds is 4. The van der Waals surface area contributed by atoms with Crippen LogP contribution in [0.2, 0.25) is 5.02 Å². The fraction of sp³-hybridized carbons (Fsp3) is 0.0714. The first-order valence-corrected chi connectivity index (χ1v) is 7.08. The Kier molecular flexibility index (Phi) is 4.87. The first kappa shape index (κ1) is 14.7. The van der Waals surface area contributed by atoms with Crippen molar-refractivity contribution >= 4 is 35.0 Å². The van der Waals surface area contributed by atoms with Crippen LogP contribution in [0.1, 0.15) is 0 Å². The number of anilines is 1. The number of benzene rings is 2. The Hall–Kier alpha value is -1.72. The van der Waals surface area contributed by atoms with E-state index >= 15 is 0 Å². The Morgan fingerprint density at radius 2 is 2.05 bits per heavy atom. The van der Waals surface area contributed by atoms with E-state index in [-0.39, 0.29) is 28.1 Å². The fourth-order valence-electron chi connectivity index (χ4n) is 1.50. The van der Waals surface area contributed by atoms with Gasteiger partial charge in [0.2, 0.25) is 5.91 Å². The van der Waals surface area contributed by atoms with Crippen molar-refractivity contribution in [3.63, 3.8) is 0 Å². The number of para-hydroxylation sites is 1. The van der Waals surface area contributed by atoms with Crippen LogP contribution in [-0.4, -0.2) is 16.8 Å². The molecular weight excluding hydrogens is 301 g/mol. The van der Waals surface area contributed by atoms with Crippen LogP contribution in [-0.2, 0) is 4.79 Å². The van der Waals surface area contributed by atoms with Crippen LogP contribution in [0.5, 0.6) is 5.75 Å². The van der Waals surface area contributed by atoms with Gasteiger partial charge in [-0.05, 0) is 30.3 Å². The van der Waals surface area contributed by atoms with Crippen LogP contribution in [0.15, 0.2) is 47.4 Å². The van der Waals surface area contributed by atoms with Crippen molar-refractivity contribution in [3.05, 3.63) is 53.3 Å². The second-order valence-electron chi connectivity index (χ2n) is 3.93. The summed E-state index contributed by atoms with van der Waals surface area (Å²) in [6.07, 6.45) is 0. The molecule has 0 saturated heterocycles. The minimum Gasteiger partial charge on any atom is -0.507 e. The second-order valence-corrected chi connectivity index (χ2v) is 5.38. The Bertz CT molecular complexity index is 636. The quantitative estimate of drug-likeness (QED) is 0.842. The van der Waals surface area contributed by atoms with Crippen LogP contribution >= 0.6 is 23.4 Å². The minimum absolute atomic E-state index is 0.0691. The molecule has 0 bridgehead atoms. The number of thioether (sulfide) groups is 1. The standard InChI is InChI=1S/C14H11ClFNO2S/c15-9-5-6-11(10(16)7-9)17-14(19)8-20-13-4-2-1-3-12(13)18/h1-7,18H,8H2,(H,17,19). The normalized spacial score (nSPS) is 10.3. The van der Waals surface area contributed by atoms with E-state index in [1.807, 2.05) is 0 Å². The second kappa shape index (κ2) is 6.63. The van der Waals surface area contributed by atoms with Crippen LogP contribution in [0.25, 0.3) is 0 Å². The van der Waals surface area contributed by atoms with Gasteiger partial charge in [0.25, 0.3) is 0 Å². The number of carbonyl (C=O) groups excluding carboxylic acids is 1. The Morgan fingerprint density at radius 3 is 2.75 bits per heavy atom. The molecule has 0 saturated carbocycles. The summed E-state index contributed by atoms with van der Waals surface area (Å²) in [4.78, 5) is 12.3. The molecule has 104 valence electrons. The summed E-state index contributed by atoms with van der Waals surface area (Å²) in [6, 6.07) is 10.7. The maximum atomic E-state index is 13.5. The SMILES string of the molecule is O=C(CSc1ccccc1O)Nc1ccc(Cl)cc1F. The topological polar surface area (TPSA) is 49.3 Å². The zero-order chi connectivity index (χ0) is 14.5. The number of carbonyl (C=O) groups is 1. The number of nitrogens with one attached hydrogen (secondary N) is 1. The van der Waals surface area contributed by atoms with E-state index in [0.29, 0.717) is 4.90 Å². The van der Waals surface area contributed by atoms with Gasteiger partial charge in [0.05, 0.1) is 11.4 Å². The zero-order valence-corrected chi connectivity index (χ0v) is 11.8. The molecule has 2 rings (SSSR count). The van der Waals surface area contributed by atoms with E-state index < -0.39 is 5.82 Å². The van der Waals surface area contributed by atoms with Crippen molar-refractivity contribution in [2.75, 3.05) is 11.1 Å². The van der Waals surface area contributed by atoms with Gasteiger partial charge in [0.1, 0.15) is 11.6 Å². The monoisotopic (exact) mass is 311 g/mol. The number of aromatic hydroxyl groups is 1. The first-order chi connectivity index (χ1) is 9.56. The van der Waals surface area contributed by atoms with E-state index in [0.717, 1.165) is 6.07 Å². The number of hydrogen-bond donors (Lipinski definition) is 2. The van der Waals surface area contributed by atoms with Crippen LogP contribution in [0, 0.1) is 5.82 Å². The minimum atomic E-state index is -0.585. The van der Waals surface area contributed by atoms with E-state index in [4.69, 9.17) is 11.6 Å². The lowest BCUT2D eigenvalue weighted by Gasteiger charge is -2.07. The van der Waals surface area contributed by atoms with E-state index in [2.05, 4.69) is 5.32 Å². The summed E-state index contributed by atoms with van der Waals surface area (Å²) in [6.45, 7) is 0. The molecule has 3 nitrogen and oxygen atoms in total. The number of phenolic OH excluding ortho intramolecular Hbond substituents is 1. The Labute approximate surface area is 124 Å². The molecule has 0 unspecified atom stereocenters. The van der Waals surface area contributed by atoms with Crippen molar-refractivity contribution in [2.45, 2.75) is 4.90 Å². The molecule has 0 aliphatic carbocycles. The van der Waals surface area contributed by atoms with Crippen molar-refractivity contribution in [1.29, 1.82) is 0 Å². The van der Waals surface area contributed by atoms with Gasteiger partial charge >= 0.3 is 0 Å². The van der Waals surface area contributed by atoms with Gasteiger partial charge in [0, 0.05) is 9.92 Å². The molecule has 1 amide bonds. The first-order valence-electron chi connectivity index (χ1n) is 5.72. The Morgan fingerprint density at radius 1 is 1.30 bits per heavy atom. The third kappa shape index (κ3) is 3.88. The molecule has 0 aliphatic rings. The highest BCUT2D eigenvalue weighted by Gasteiger charge is 2.09. The highest BCUT2D eigenvalue weighted by molar-refractivity contribution is 8.00. The molecule has 2 aromatic carbocycles. The van der Waals surface area contributed by atoms with Crippen molar-refractivity contribution in [3.8, 4) is 5.75 Å². The van der Waals surface area contributed by atoms with Gasteiger partial charge in [-0.3, -0.25) is 4.79 Å². The molecule has 0 spiro atoms. The number of halogens is 2. The highest BCUT2D eigenvalue weighted by Crippen LogP contribution is 2.27. The predicted octanol–water partition coefficient (Wildman–Crippen LogP) is 3.92. The van der Waals surface area contributed by atoms with Gasteiger partial charge < -0.3 is 10.4 Å². The lowest BCUT2D eigenvalue weighted by Crippen LogP contribution is -2.14. The molecule has 0 aromatic heterocycles. The molecule has 0 atom stereocenters. The average molecular weight is 312 g/mol. The smallest absolute Gasteiger partial charge is 0.234 e. The van der Waals surface area contributed by atoms with Crippen LogP contribution in [0.4, 0.5) is 10.1 Å². The van der Waals surface area contributed by atoms with E-state index in [1.165, 1.54) is 23.9 Å². The maximum Gasteiger partial charge on any atom is 0.234 e. The lowest BCUT2D eigenvalue weighted by molar-refractivity contribution is -0.113. The predicted molar refractivity (Wildman–Crippen MR) is 78.9 cm³/mol. The van der Waals surface area contributed by atoms with Gasteiger partial charge in [0.15, 0.2) is 0 Å². The third-order valence-corrected chi connectivity index (χ3v) is 3.73. The summed E-state index contributed by atoms with van der Waals surface area (Å²) in [7, 11) is 0. The maximum absolute atomic E-state index is 13.5. The summed E-state index contributed by atoms with van der Waals surface area (Å²) in [5.74, 6) is -0.763. The Balaban J connectivity index is 1.94. The van der Waals surface area contributed by atoms with Crippen molar-refractivity contribution in [1.82, 2.24) is 0 Å². The van der Waals surface area contributed by atoms with Gasteiger partial charge in [-0.1, -0.05) is 23.7 Å². The summed E-state index contributed by atoms with van der Waals surface area (Å²) in [5.41, 5.74) is 0.0808. The van der Waals surface area contributed by atoms with Crippen LogP contribution < -0.4 is 5.32 Å². The van der Waals surface area contributed by atoms with Gasteiger partial charge in [-0.2, -0.15) is 0 Å². The van der Waals surface area contributed by atoms with Crippen molar-refractivity contribution < 1.29 is 14.3 Å². The van der Waals surface area contributed by atoms with Crippen LogP contribution in [0.3, 0.4) is 0 Å². The fourth-order valence-corrected chi connectivity index (χ4v) is 2.41. The molecule has 0 heterocycles. The summed E-state index contributed by atoms with van der Waals surface area (Å²) < 4.78 is 13.5. The molecule has 0 radical (unpaired) electrons. The number of hydrogen-bond acceptors (Lipinski definition) is 3. The number of amides is 1. The average Bonchev–Trinajstić information content (AvgIpc) is 2.41. The van der Waals surface area contributed by atoms with Gasteiger partial charge in [-0.25, -0.2) is 4.39 Å². The van der Waals surface area contributed by atoms with E-state index in [9.17, 15) is 14.3 Å². The largest absolute Gasteiger partial charge is 0.507 e. The number of phenols is 1. The molecular formula is C14H11ClFNO2S. The molecule has 0 fully saturated rings. The molecule has 2 aromatic rings. The molecule has 0 aliphatic heterocycles. The van der Waals surface area contributed by atoms with E-state index in [1.54, 1.807) is 24.3 Å². The summed E-state index contributed by atoms with van der Waals surface area (Å²) in [5, 5.41) is 12.3. The molecule has 6 heteroatoms. The third-order valence-electron chi connectivity index (χ3n) is 2.43. The lowest BCUT2D eigenvalue weighted by atomic mass is 10.3. The van der Waals surface area contributed by atoms with Gasteiger partial charge in [-0.15, -0.1) is 11.8 Å². The highest BCUT2D eigenvalue weighted by atomic mass is 35.5. The molecule has 20 heavy (non-hydrogen) atoms. The molecule has 2 N–H and O–H groups in total.